The van der Waals surface area contributed by atoms with Gasteiger partial charge < -0.3 is 4.90 Å². The Hall–Kier alpha value is -2.23. The molecule has 4 heteroatoms. The lowest BCUT2D eigenvalue weighted by atomic mass is 10.1. The van der Waals surface area contributed by atoms with Gasteiger partial charge in [-0.25, -0.2) is 4.39 Å². The van der Waals surface area contributed by atoms with Crippen molar-refractivity contribution >= 4 is 5.91 Å². The quantitative estimate of drug-likeness (QED) is 0.860. The molecule has 20 heavy (non-hydrogen) atoms. The third-order valence-corrected chi connectivity index (χ3v) is 3.11. The average Bonchev–Trinajstić information content (AvgIpc) is 2.41. The Labute approximate surface area is 118 Å². The predicted molar refractivity (Wildman–Crippen MR) is 75.9 cm³/mol. The zero-order valence-electron chi connectivity index (χ0n) is 11.9. The summed E-state index contributed by atoms with van der Waals surface area (Å²) in [4.78, 5) is 18.1. The van der Waals surface area contributed by atoms with Crippen LogP contribution in [-0.4, -0.2) is 22.8 Å². The first-order valence-electron chi connectivity index (χ1n) is 6.42. The van der Waals surface area contributed by atoms with Gasteiger partial charge in [0.05, 0.1) is 17.8 Å². The molecule has 0 radical (unpaired) electrons. The van der Waals surface area contributed by atoms with Crippen LogP contribution in [-0.2, 0) is 6.54 Å². The molecule has 0 saturated heterocycles. The van der Waals surface area contributed by atoms with Crippen LogP contribution in [0.3, 0.4) is 0 Å². The molecule has 0 aliphatic carbocycles. The van der Waals surface area contributed by atoms with E-state index in [4.69, 9.17) is 0 Å². The van der Waals surface area contributed by atoms with Gasteiger partial charge in [0.2, 0.25) is 0 Å². The van der Waals surface area contributed by atoms with E-state index < -0.39 is 5.82 Å². The topological polar surface area (TPSA) is 33.2 Å². The van der Waals surface area contributed by atoms with Gasteiger partial charge in [-0.15, -0.1) is 0 Å². The second-order valence-electron chi connectivity index (χ2n) is 4.87. The third kappa shape index (κ3) is 3.02. The van der Waals surface area contributed by atoms with Gasteiger partial charge in [0.25, 0.3) is 5.91 Å². The normalized spacial score (nSPS) is 10.4. The van der Waals surface area contributed by atoms with Crippen molar-refractivity contribution in [3.63, 3.8) is 0 Å². The molecule has 1 aromatic carbocycles. The van der Waals surface area contributed by atoms with E-state index in [9.17, 15) is 9.18 Å². The van der Waals surface area contributed by atoms with E-state index in [1.165, 1.54) is 11.0 Å². The number of hydrogen-bond acceptors (Lipinski definition) is 2. The van der Waals surface area contributed by atoms with Crippen molar-refractivity contribution < 1.29 is 9.18 Å². The molecule has 1 heterocycles. The molecule has 3 nitrogen and oxygen atoms in total. The third-order valence-electron chi connectivity index (χ3n) is 3.11. The molecule has 0 fully saturated rings. The summed E-state index contributed by atoms with van der Waals surface area (Å²) in [5.74, 6) is -0.795. The average molecular weight is 272 g/mol. The van der Waals surface area contributed by atoms with E-state index in [1.807, 2.05) is 25.1 Å². The predicted octanol–water partition coefficient (Wildman–Crippen LogP) is 3.11. The van der Waals surface area contributed by atoms with Crippen LogP contribution in [0, 0.1) is 19.7 Å². The van der Waals surface area contributed by atoms with E-state index in [-0.39, 0.29) is 11.5 Å². The first-order valence-corrected chi connectivity index (χ1v) is 6.42. The fourth-order valence-corrected chi connectivity index (χ4v) is 2.02. The first kappa shape index (κ1) is 14.2. The fourth-order valence-electron chi connectivity index (χ4n) is 2.02. The Balaban J connectivity index is 2.19. The Kier molecular flexibility index (Phi) is 4.13. The number of carbonyl (C=O) groups is 1. The van der Waals surface area contributed by atoms with Crippen LogP contribution in [0.15, 0.2) is 36.4 Å². The van der Waals surface area contributed by atoms with Crippen LogP contribution in [0.2, 0.25) is 0 Å². The number of rotatable bonds is 3. The first-order chi connectivity index (χ1) is 9.49. The van der Waals surface area contributed by atoms with Crippen molar-refractivity contribution in [1.29, 1.82) is 0 Å². The number of hydrogen-bond donors (Lipinski definition) is 0. The van der Waals surface area contributed by atoms with Crippen LogP contribution in [0.1, 0.15) is 27.3 Å². The number of aromatic nitrogens is 1. The molecule has 0 spiro atoms. The number of pyridine rings is 1. The van der Waals surface area contributed by atoms with E-state index in [2.05, 4.69) is 4.98 Å². The molecule has 0 bridgehead atoms. The van der Waals surface area contributed by atoms with Gasteiger partial charge in [-0.2, -0.15) is 0 Å². The van der Waals surface area contributed by atoms with E-state index in [0.717, 1.165) is 11.4 Å². The fraction of sp³-hybridized carbons (Fsp3) is 0.250. The highest BCUT2D eigenvalue weighted by Gasteiger charge is 2.17. The molecule has 0 saturated carbocycles. The molecule has 2 aromatic rings. The molecule has 0 aliphatic heterocycles. The largest absolute Gasteiger partial charge is 0.336 e. The van der Waals surface area contributed by atoms with Crippen molar-refractivity contribution in [1.82, 2.24) is 9.88 Å². The second kappa shape index (κ2) is 5.82. The summed E-state index contributed by atoms with van der Waals surface area (Å²) in [7, 11) is 1.65. The maximum absolute atomic E-state index is 14.0. The molecule has 0 aliphatic rings. The Morgan fingerprint density at radius 1 is 1.20 bits per heavy atom. The summed E-state index contributed by atoms with van der Waals surface area (Å²) in [6, 6.07) is 10.5. The van der Waals surface area contributed by atoms with Crippen LogP contribution in [0.25, 0.3) is 0 Å². The summed E-state index contributed by atoms with van der Waals surface area (Å²) in [6.45, 7) is 3.90. The van der Waals surface area contributed by atoms with Crippen molar-refractivity contribution in [2.24, 2.45) is 0 Å². The van der Waals surface area contributed by atoms with Gasteiger partial charge in [0.15, 0.2) is 0 Å². The molecule has 0 atom stereocenters. The van der Waals surface area contributed by atoms with Gasteiger partial charge >= 0.3 is 0 Å². The Morgan fingerprint density at radius 2 is 1.90 bits per heavy atom. The van der Waals surface area contributed by atoms with Gasteiger partial charge in [0.1, 0.15) is 5.82 Å². The zero-order chi connectivity index (χ0) is 14.7. The van der Waals surface area contributed by atoms with Gasteiger partial charge in [0, 0.05) is 12.7 Å². The van der Waals surface area contributed by atoms with Crippen molar-refractivity contribution in [3.8, 4) is 0 Å². The monoisotopic (exact) mass is 272 g/mol. The maximum atomic E-state index is 14.0. The standard InChI is InChI=1S/C16H17FN2O/c1-11-6-4-9-14(15(11)17)16(20)19(3)10-13-8-5-7-12(2)18-13/h4-9H,10H2,1-3H3. The van der Waals surface area contributed by atoms with Crippen LogP contribution < -0.4 is 0 Å². The van der Waals surface area contributed by atoms with Crippen molar-refractivity contribution in [2.75, 3.05) is 7.05 Å². The zero-order valence-corrected chi connectivity index (χ0v) is 11.9. The maximum Gasteiger partial charge on any atom is 0.256 e. The Bertz CT molecular complexity index is 640. The number of amides is 1. The summed E-state index contributed by atoms with van der Waals surface area (Å²) >= 11 is 0. The lowest BCUT2D eigenvalue weighted by molar-refractivity contribution is 0.0778. The molecule has 1 aromatic heterocycles. The number of benzene rings is 1. The van der Waals surface area contributed by atoms with E-state index in [1.54, 1.807) is 26.1 Å². The summed E-state index contributed by atoms with van der Waals surface area (Å²) < 4.78 is 14.0. The number of carbonyl (C=O) groups excluding carboxylic acids is 1. The van der Waals surface area contributed by atoms with Crippen LogP contribution >= 0.6 is 0 Å². The Morgan fingerprint density at radius 3 is 2.60 bits per heavy atom. The highest BCUT2D eigenvalue weighted by molar-refractivity contribution is 5.94. The minimum Gasteiger partial charge on any atom is -0.336 e. The molecule has 104 valence electrons. The van der Waals surface area contributed by atoms with Gasteiger partial charge in [-0.05, 0) is 37.6 Å². The summed E-state index contributed by atoms with van der Waals surface area (Å²) in [6.07, 6.45) is 0. The molecule has 0 N–H and O–H groups in total. The lowest BCUT2D eigenvalue weighted by Gasteiger charge is -2.17. The second-order valence-corrected chi connectivity index (χ2v) is 4.87. The number of nitrogens with zero attached hydrogens (tertiary/aromatic N) is 2. The van der Waals surface area contributed by atoms with Crippen LogP contribution in [0.4, 0.5) is 4.39 Å². The minimum absolute atomic E-state index is 0.0974. The molecular weight excluding hydrogens is 255 g/mol. The van der Waals surface area contributed by atoms with Gasteiger partial charge in [-0.3, -0.25) is 9.78 Å². The smallest absolute Gasteiger partial charge is 0.256 e. The SMILES string of the molecule is Cc1cccc(CN(C)C(=O)c2cccc(C)c2F)n1. The molecule has 0 unspecified atom stereocenters. The lowest BCUT2D eigenvalue weighted by Crippen LogP contribution is -2.27. The molecule has 2 rings (SSSR count). The number of halogens is 1. The van der Waals surface area contributed by atoms with Crippen LogP contribution in [0.5, 0.6) is 0 Å². The summed E-state index contributed by atoms with van der Waals surface area (Å²) in [5, 5.41) is 0. The van der Waals surface area contributed by atoms with Crippen molar-refractivity contribution in [2.45, 2.75) is 20.4 Å². The minimum atomic E-state index is -0.457. The van der Waals surface area contributed by atoms with Gasteiger partial charge in [-0.1, -0.05) is 18.2 Å². The summed E-state index contributed by atoms with van der Waals surface area (Å²) in [5.41, 5.74) is 2.25. The van der Waals surface area contributed by atoms with E-state index >= 15 is 0 Å². The molecular formula is C16H17FN2O. The van der Waals surface area contributed by atoms with Crippen molar-refractivity contribution in [3.05, 3.63) is 64.7 Å². The highest BCUT2D eigenvalue weighted by atomic mass is 19.1. The van der Waals surface area contributed by atoms with E-state index in [0.29, 0.717) is 12.1 Å². The number of aryl methyl sites for hydroxylation is 2. The highest BCUT2D eigenvalue weighted by Crippen LogP contribution is 2.14. The molecule has 1 amide bonds.